The van der Waals surface area contributed by atoms with Crippen molar-refractivity contribution in [1.29, 1.82) is 0 Å². The minimum Gasteiger partial charge on any atom is -0.508 e. The first-order chi connectivity index (χ1) is 7.50. The fourth-order valence-electron chi connectivity index (χ4n) is 1.42. The van der Waals surface area contributed by atoms with Crippen LogP contribution in [-0.2, 0) is 0 Å². The number of hydrogen-bond acceptors (Lipinski definition) is 4. The zero-order chi connectivity index (χ0) is 11.9. The van der Waals surface area contributed by atoms with Crippen LogP contribution in [0.25, 0.3) is 11.0 Å². The summed E-state index contributed by atoms with van der Waals surface area (Å²) in [6, 6.07) is 4.19. The summed E-state index contributed by atoms with van der Waals surface area (Å²) >= 11 is 0. The minimum absolute atomic E-state index is 0.0414. The molecule has 16 heavy (non-hydrogen) atoms. The van der Waals surface area contributed by atoms with Crippen molar-refractivity contribution in [2.75, 3.05) is 6.66 Å². The number of aromatic hydroxyl groups is 2. The van der Waals surface area contributed by atoms with Gasteiger partial charge in [0.1, 0.15) is 18.0 Å². The second kappa shape index (κ2) is 3.65. The van der Waals surface area contributed by atoms with Crippen molar-refractivity contribution in [2.24, 2.45) is 0 Å². The van der Waals surface area contributed by atoms with Gasteiger partial charge in [0.15, 0.2) is 7.55 Å². The lowest BCUT2D eigenvalue weighted by atomic mass is 10.2. The fourth-order valence-corrected chi connectivity index (χ4v) is 2.14. The molecule has 2 aromatic rings. The van der Waals surface area contributed by atoms with Crippen LogP contribution in [-0.4, -0.2) is 23.2 Å². The molecule has 1 aromatic carbocycles. The van der Waals surface area contributed by atoms with Crippen molar-refractivity contribution >= 4 is 30.3 Å². The second-order valence-corrected chi connectivity index (χ2v) is 5.27. The second-order valence-electron chi connectivity index (χ2n) is 3.46. The normalized spacial score (nSPS) is 11.7. The van der Waals surface area contributed by atoms with Gasteiger partial charge >= 0.3 is 5.50 Å². The van der Waals surface area contributed by atoms with Gasteiger partial charge in [-0.3, -0.25) is 4.79 Å². The highest BCUT2D eigenvalue weighted by Crippen LogP contribution is 2.24. The molecule has 1 unspecified atom stereocenters. The molecular weight excluding hydrogens is 227 g/mol. The van der Waals surface area contributed by atoms with Gasteiger partial charge in [0.2, 0.25) is 5.43 Å². The largest absolute Gasteiger partial charge is 0.508 e. The van der Waals surface area contributed by atoms with Gasteiger partial charge in [0.05, 0.1) is 11.7 Å². The van der Waals surface area contributed by atoms with E-state index < -0.39 is 18.7 Å². The Morgan fingerprint density at radius 1 is 1.38 bits per heavy atom. The van der Waals surface area contributed by atoms with Crippen molar-refractivity contribution in [3.8, 4) is 11.5 Å². The zero-order valence-electron chi connectivity index (χ0n) is 8.60. The van der Waals surface area contributed by atoms with Gasteiger partial charge in [-0.05, 0) is 18.2 Å². The van der Waals surface area contributed by atoms with Crippen LogP contribution in [0.5, 0.6) is 11.5 Å². The summed E-state index contributed by atoms with van der Waals surface area (Å²) in [4.78, 5) is 11.8. The van der Waals surface area contributed by atoms with Crippen LogP contribution in [0.15, 0.2) is 27.4 Å². The summed E-state index contributed by atoms with van der Waals surface area (Å²) in [5.74, 6) is -0.456. The van der Waals surface area contributed by atoms with Crippen molar-refractivity contribution in [1.82, 2.24) is 0 Å². The maximum atomic E-state index is 11.8. The highest BCUT2D eigenvalue weighted by atomic mass is 31.1. The molecule has 2 rings (SSSR count). The minimum atomic E-state index is -0.943. The van der Waals surface area contributed by atoms with E-state index in [2.05, 4.69) is 6.30 Å². The van der Waals surface area contributed by atoms with Gasteiger partial charge in [-0.2, -0.15) is 0 Å². The lowest BCUT2D eigenvalue weighted by molar-refractivity contribution is 0.456. The number of phenolic OH excluding ortho intramolecular Hbond substituents is 1. The maximum Gasteiger partial charge on any atom is 0.349 e. The Labute approximate surface area is 92.2 Å². The third kappa shape index (κ3) is 1.57. The van der Waals surface area contributed by atoms with E-state index >= 15 is 0 Å². The monoisotopic (exact) mass is 237 g/mol. The van der Waals surface area contributed by atoms with E-state index in [1.54, 1.807) is 6.66 Å². The molecule has 0 aliphatic rings. The van der Waals surface area contributed by atoms with Crippen molar-refractivity contribution in [3.63, 3.8) is 0 Å². The van der Waals surface area contributed by atoms with Crippen LogP contribution < -0.4 is 10.9 Å². The van der Waals surface area contributed by atoms with Gasteiger partial charge in [0, 0.05) is 0 Å². The standard InChI is InChI=1S/C11H9O4P/c1-16(2)11-10(14)9(13)7-5-6(12)3-4-8(7)15-11/h3-5H,1H2,2H3,(H-,12,14)/p+1. The first-order valence-corrected chi connectivity index (χ1v) is 6.51. The number of benzene rings is 1. The van der Waals surface area contributed by atoms with Crippen molar-refractivity contribution in [2.45, 2.75) is 0 Å². The summed E-state index contributed by atoms with van der Waals surface area (Å²) in [5, 5.41) is 19.1. The van der Waals surface area contributed by atoms with Crippen LogP contribution >= 0.6 is 7.55 Å². The third-order valence-electron chi connectivity index (χ3n) is 2.18. The van der Waals surface area contributed by atoms with Gasteiger partial charge in [-0.1, -0.05) is 0 Å². The Kier molecular flexibility index (Phi) is 2.44. The summed E-state index contributed by atoms with van der Waals surface area (Å²) in [6.07, 6.45) is 3.76. The van der Waals surface area contributed by atoms with E-state index in [0.717, 1.165) is 0 Å². The summed E-state index contributed by atoms with van der Waals surface area (Å²) < 4.78 is 5.40. The summed E-state index contributed by atoms with van der Waals surface area (Å²) in [6.45, 7) is 1.78. The quantitative estimate of drug-likeness (QED) is 0.735. The van der Waals surface area contributed by atoms with E-state index in [0.29, 0.717) is 5.58 Å². The molecular formula is C11H10O4P+. The first-order valence-electron chi connectivity index (χ1n) is 4.53. The fraction of sp³-hybridized carbons (Fsp3) is 0.0909. The molecule has 1 heterocycles. The molecule has 0 saturated heterocycles. The molecule has 0 spiro atoms. The van der Waals surface area contributed by atoms with Crippen LogP contribution in [0.2, 0.25) is 0 Å². The average Bonchev–Trinajstić information content (AvgIpc) is 2.23. The van der Waals surface area contributed by atoms with Crippen LogP contribution in [0.3, 0.4) is 0 Å². The maximum absolute atomic E-state index is 11.8. The van der Waals surface area contributed by atoms with E-state index in [1.807, 2.05) is 0 Å². The van der Waals surface area contributed by atoms with Crippen molar-refractivity contribution in [3.05, 3.63) is 28.4 Å². The third-order valence-corrected chi connectivity index (χ3v) is 3.18. The molecule has 0 amide bonds. The molecule has 4 nitrogen and oxygen atoms in total. The lowest BCUT2D eigenvalue weighted by Crippen LogP contribution is -2.11. The molecule has 0 radical (unpaired) electrons. The number of hydrogen-bond donors (Lipinski definition) is 2. The van der Waals surface area contributed by atoms with Crippen LogP contribution in [0.4, 0.5) is 0 Å². The molecule has 1 atom stereocenters. The first kappa shape index (κ1) is 10.7. The Bertz CT molecular complexity index is 642. The topological polar surface area (TPSA) is 70.7 Å². The Morgan fingerprint density at radius 3 is 2.69 bits per heavy atom. The Hall–Kier alpha value is -1.80. The predicted octanol–water partition coefficient (Wildman–Crippen LogP) is 1.37. The molecule has 2 N–H and O–H groups in total. The average molecular weight is 237 g/mol. The van der Waals surface area contributed by atoms with E-state index in [-0.39, 0.29) is 16.6 Å². The van der Waals surface area contributed by atoms with Crippen molar-refractivity contribution < 1.29 is 14.6 Å². The lowest BCUT2D eigenvalue weighted by Gasteiger charge is -1.99. The van der Waals surface area contributed by atoms with E-state index in [1.165, 1.54) is 18.2 Å². The Balaban J connectivity index is 2.94. The molecule has 0 fully saturated rings. The van der Waals surface area contributed by atoms with Gasteiger partial charge in [-0.15, -0.1) is 0 Å². The SMILES string of the molecule is C=[P+](C)c1oc2ccc(O)cc2c(=O)c1O. The highest BCUT2D eigenvalue weighted by molar-refractivity contribution is 7.62. The number of fused-ring (bicyclic) bond motifs is 1. The highest BCUT2D eigenvalue weighted by Gasteiger charge is 2.21. The van der Waals surface area contributed by atoms with Gasteiger partial charge < -0.3 is 14.6 Å². The molecule has 0 aliphatic heterocycles. The molecule has 5 heteroatoms. The van der Waals surface area contributed by atoms with Gasteiger partial charge in [0.25, 0.3) is 5.75 Å². The molecule has 0 saturated carbocycles. The molecule has 1 aromatic heterocycles. The Morgan fingerprint density at radius 2 is 2.06 bits per heavy atom. The zero-order valence-corrected chi connectivity index (χ0v) is 9.49. The smallest absolute Gasteiger partial charge is 0.349 e. The molecule has 0 bridgehead atoms. The summed E-state index contributed by atoms with van der Waals surface area (Å²) in [5.41, 5.74) is 0.0249. The van der Waals surface area contributed by atoms with E-state index in [9.17, 15) is 15.0 Å². The molecule has 82 valence electrons. The predicted molar refractivity (Wildman–Crippen MR) is 65.4 cm³/mol. The van der Waals surface area contributed by atoms with Crippen LogP contribution in [0.1, 0.15) is 0 Å². The molecule has 0 aliphatic carbocycles. The number of phenols is 1. The summed E-state index contributed by atoms with van der Waals surface area (Å²) in [7, 11) is -0.943. The van der Waals surface area contributed by atoms with Gasteiger partial charge in [-0.25, -0.2) is 0 Å². The van der Waals surface area contributed by atoms with Crippen LogP contribution in [0, 0.1) is 0 Å². The van der Waals surface area contributed by atoms with E-state index in [4.69, 9.17) is 4.42 Å². The number of rotatable bonds is 1.